The van der Waals surface area contributed by atoms with Gasteiger partial charge in [0.15, 0.2) is 0 Å². The highest BCUT2D eigenvalue weighted by Gasteiger charge is 2.28. The average molecular weight is 194 g/mol. The Morgan fingerprint density at radius 2 is 2.23 bits per heavy atom. The smallest absolute Gasteiger partial charge is 0.271 e. The summed E-state index contributed by atoms with van der Waals surface area (Å²) < 4.78 is 36.3. The zero-order valence-corrected chi connectivity index (χ0v) is 6.67. The summed E-state index contributed by atoms with van der Waals surface area (Å²) in [5.74, 6) is 4.98. The van der Waals surface area contributed by atoms with Gasteiger partial charge in [0.25, 0.3) is 0 Å². The average Bonchev–Trinajstić information content (AvgIpc) is 2.33. The van der Waals surface area contributed by atoms with E-state index in [4.69, 9.17) is 5.84 Å². The van der Waals surface area contributed by atoms with Gasteiger partial charge in [0.2, 0.25) is 0 Å². The Bertz CT molecular complexity index is 267. The van der Waals surface area contributed by atoms with Crippen LogP contribution in [0.25, 0.3) is 0 Å². The third kappa shape index (κ3) is 3.43. The highest BCUT2D eigenvalue weighted by atomic mass is 19.4. The van der Waals surface area contributed by atoms with E-state index >= 15 is 0 Å². The van der Waals surface area contributed by atoms with Crippen molar-refractivity contribution in [2.24, 2.45) is 5.84 Å². The number of nitrogens with one attached hydrogen (secondary N) is 1. The van der Waals surface area contributed by atoms with E-state index in [2.05, 4.69) is 10.5 Å². The molecule has 0 atom stereocenters. The van der Waals surface area contributed by atoms with Crippen LogP contribution >= 0.6 is 0 Å². The predicted molar refractivity (Wildman–Crippen MR) is 39.3 cm³/mol. The molecule has 0 bridgehead atoms. The lowest BCUT2D eigenvalue weighted by Gasteiger charge is -2.05. The second kappa shape index (κ2) is 3.75. The van der Waals surface area contributed by atoms with Crippen LogP contribution in [0.15, 0.2) is 12.3 Å². The molecule has 13 heavy (non-hydrogen) atoms. The van der Waals surface area contributed by atoms with Gasteiger partial charge in [0.05, 0.1) is 12.2 Å². The van der Waals surface area contributed by atoms with Crippen LogP contribution in [0.2, 0.25) is 0 Å². The van der Waals surface area contributed by atoms with E-state index in [9.17, 15) is 13.2 Å². The summed E-state index contributed by atoms with van der Waals surface area (Å²) in [7, 11) is 0. The zero-order chi connectivity index (χ0) is 9.90. The lowest BCUT2D eigenvalue weighted by atomic mass is 10.4. The minimum absolute atomic E-state index is 0.255. The molecule has 0 saturated carbocycles. The SMILES string of the molecule is NNCc1ccn(CC(F)(F)F)n1. The molecule has 1 rings (SSSR count). The Morgan fingerprint density at radius 1 is 1.54 bits per heavy atom. The van der Waals surface area contributed by atoms with Crippen LogP contribution in [-0.2, 0) is 13.1 Å². The summed E-state index contributed by atoms with van der Waals surface area (Å²) in [6.07, 6.45) is -2.97. The molecule has 0 aliphatic rings. The summed E-state index contributed by atoms with van der Waals surface area (Å²) >= 11 is 0. The first-order valence-corrected chi connectivity index (χ1v) is 3.54. The lowest BCUT2D eigenvalue weighted by molar-refractivity contribution is -0.142. The first-order valence-electron chi connectivity index (χ1n) is 3.54. The van der Waals surface area contributed by atoms with E-state index in [1.54, 1.807) is 0 Å². The maximum atomic E-state index is 11.8. The van der Waals surface area contributed by atoms with E-state index in [1.807, 2.05) is 0 Å². The molecule has 0 fully saturated rings. The Hall–Kier alpha value is -1.08. The van der Waals surface area contributed by atoms with E-state index < -0.39 is 12.7 Å². The van der Waals surface area contributed by atoms with Crippen molar-refractivity contribution >= 4 is 0 Å². The molecule has 1 aromatic heterocycles. The third-order valence-corrected chi connectivity index (χ3v) is 1.32. The van der Waals surface area contributed by atoms with Crippen molar-refractivity contribution in [2.45, 2.75) is 19.3 Å². The molecule has 74 valence electrons. The molecule has 0 aromatic carbocycles. The normalized spacial score (nSPS) is 12.0. The number of hydrazine groups is 1. The third-order valence-electron chi connectivity index (χ3n) is 1.32. The number of halogens is 3. The van der Waals surface area contributed by atoms with E-state index in [-0.39, 0.29) is 6.54 Å². The minimum atomic E-state index is -4.24. The van der Waals surface area contributed by atoms with Crippen LogP contribution < -0.4 is 11.3 Å². The van der Waals surface area contributed by atoms with Crippen molar-refractivity contribution in [3.8, 4) is 0 Å². The maximum absolute atomic E-state index is 11.8. The van der Waals surface area contributed by atoms with Gasteiger partial charge in [-0.2, -0.15) is 18.3 Å². The Labute approximate surface area is 72.5 Å². The molecule has 0 aliphatic heterocycles. The van der Waals surface area contributed by atoms with Crippen molar-refractivity contribution < 1.29 is 13.2 Å². The summed E-state index contributed by atoms with van der Waals surface area (Å²) in [5, 5.41) is 3.64. The molecule has 3 N–H and O–H groups in total. The highest BCUT2D eigenvalue weighted by Crippen LogP contribution is 2.16. The second-order valence-corrected chi connectivity index (χ2v) is 2.50. The van der Waals surface area contributed by atoms with Gasteiger partial charge < -0.3 is 0 Å². The summed E-state index contributed by atoms with van der Waals surface area (Å²) in [4.78, 5) is 0. The highest BCUT2D eigenvalue weighted by molar-refractivity contribution is 4.98. The first kappa shape index (κ1) is 10.0. The maximum Gasteiger partial charge on any atom is 0.408 e. The van der Waals surface area contributed by atoms with Gasteiger partial charge in [-0.3, -0.25) is 16.0 Å². The molecular weight excluding hydrogens is 185 g/mol. The summed E-state index contributed by atoms with van der Waals surface area (Å²) in [6, 6.07) is 1.48. The van der Waals surface area contributed by atoms with Crippen molar-refractivity contribution in [3.05, 3.63) is 18.0 Å². The van der Waals surface area contributed by atoms with Crippen LogP contribution in [0.3, 0.4) is 0 Å². The van der Waals surface area contributed by atoms with Crippen molar-refractivity contribution in [1.82, 2.24) is 15.2 Å². The molecule has 0 aliphatic carbocycles. The number of alkyl halides is 3. The molecule has 1 aromatic rings. The number of hydrogen-bond acceptors (Lipinski definition) is 3. The second-order valence-electron chi connectivity index (χ2n) is 2.50. The van der Waals surface area contributed by atoms with Gasteiger partial charge in [0.1, 0.15) is 6.54 Å². The molecule has 0 unspecified atom stereocenters. The molecule has 0 spiro atoms. The number of rotatable bonds is 3. The Morgan fingerprint density at radius 3 is 2.77 bits per heavy atom. The standard InChI is InChI=1S/C6H9F3N4/c7-6(8,9)4-13-2-1-5(12-13)3-11-10/h1-2,11H,3-4,10H2. The molecule has 1 heterocycles. The molecular formula is C6H9F3N4. The van der Waals surface area contributed by atoms with Crippen LogP contribution in [0, 0.1) is 0 Å². The van der Waals surface area contributed by atoms with Gasteiger partial charge >= 0.3 is 6.18 Å². The van der Waals surface area contributed by atoms with Crippen LogP contribution in [0.5, 0.6) is 0 Å². The minimum Gasteiger partial charge on any atom is -0.271 e. The zero-order valence-electron chi connectivity index (χ0n) is 6.67. The predicted octanol–water partition coefficient (Wildman–Crippen LogP) is 0.409. The molecule has 0 saturated heterocycles. The van der Waals surface area contributed by atoms with Crippen molar-refractivity contribution in [1.29, 1.82) is 0 Å². The van der Waals surface area contributed by atoms with Crippen molar-refractivity contribution in [2.75, 3.05) is 0 Å². The largest absolute Gasteiger partial charge is 0.408 e. The van der Waals surface area contributed by atoms with Gasteiger partial charge in [-0.25, -0.2) is 0 Å². The number of nitrogens with zero attached hydrogens (tertiary/aromatic N) is 2. The number of nitrogens with two attached hydrogens (primary N) is 1. The molecule has 7 heteroatoms. The fourth-order valence-corrected chi connectivity index (χ4v) is 0.874. The quantitative estimate of drug-likeness (QED) is 0.541. The first-order chi connectivity index (χ1) is 6.01. The van der Waals surface area contributed by atoms with Crippen LogP contribution in [-0.4, -0.2) is 16.0 Å². The van der Waals surface area contributed by atoms with E-state index in [0.717, 1.165) is 4.68 Å². The Balaban J connectivity index is 2.59. The van der Waals surface area contributed by atoms with Crippen LogP contribution in [0.4, 0.5) is 13.2 Å². The lowest BCUT2D eigenvalue weighted by Crippen LogP contribution is -2.22. The van der Waals surface area contributed by atoms with Crippen LogP contribution in [0.1, 0.15) is 5.69 Å². The molecule has 0 amide bonds. The van der Waals surface area contributed by atoms with E-state index in [1.165, 1.54) is 12.3 Å². The summed E-state index contributed by atoms with van der Waals surface area (Å²) in [6.45, 7) is -0.817. The fourth-order valence-electron chi connectivity index (χ4n) is 0.874. The number of hydrogen-bond donors (Lipinski definition) is 2. The topological polar surface area (TPSA) is 55.9 Å². The monoisotopic (exact) mass is 194 g/mol. The number of aromatic nitrogens is 2. The fraction of sp³-hybridized carbons (Fsp3) is 0.500. The van der Waals surface area contributed by atoms with E-state index in [0.29, 0.717) is 5.69 Å². The molecule has 0 radical (unpaired) electrons. The van der Waals surface area contributed by atoms with Crippen molar-refractivity contribution in [3.63, 3.8) is 0 Å². The molecule has 4 nitrogen and oxygen atoms in total. The van der Waals surface area contributed by atoms with Gasteiger partial charge in [-0.05, 0) is 6.07 Å². The summed E-state index contributed by atoms with van der Waals surface area (Å²) in [5.41, 5.74) is 2.78. The van der Waals surface area contributed by atoms with Gasteiger partial charge in [0, 0.05) is 6.20 Å². The van der Waals surface area contributed by atoms with Gasteiger partial charge in [-0.1, -0.05) is 0 Å². The Kier molecular flexibility index (Phi) is 2.89. The van der Waals surface area contributed by atoms with Gasteiger partial charge in [-0.15, -0.1) is 0 Å².